The number of benzene rings is 2. The first-order valence-electron chi connectivity index (χ1n) is 11.3. The number of urea groups is 1. The summed E-state index contributed by atoms with van der Waals surface area (Å²) >= 11 is 0. The lowest BCUT2D eigenvalue weighted by Crippen LogP contribution is -2.56. The molecule has 1 atom stereocenters. The summed E-state index contributed by atoms with van der Waals surface area (Å²) in [5, 5.41) is 6.56. The molecule has 1 aromatic heterocycles. The first-order chi connectivity index (χ1) is 16.4. The third-order valence-electron chi connectivity index (χ3n) is 5.95. The van der Waals surface area contributed by atoms with Crippen LogP contribution in [0.5, 0.6) is 5.75 Å². The standard InChI is InChI=1S/C25H29N5O4/c1-17(23(31)26-16-18-6-5-8-20(14-18)34-2)27-25(33)30-12-10-29(11-13-30)24(32)22-15-19-7-3-4-9-21(19)28-22/h3-9,14-15,17,28H,10-13,16H2,1-2H3,(H,26,31)(H,27,33). The molecule has 1 aliphatic rings. The Labute approximate surface area is 198 Å². The molecule has 1 unspecified atom stereocenters. The zero-order chi connectivity index (χ0) is 24.1. The van der Waals surface area contributed by atoms with Crippen molar-refractivity contribution in [1.29, 1.82) is 0 Å². The van der Waals surface area contributed by atoms with Gasteiger partial charge in [-0.05, 0) is 36.8 Å². The number of carbonyl (C=O) groups excluding carboxylic acids is 3. The topological polar surface area (TPSA) is 107 Å². The van der Waals surface area contributed by atoms with Crippen molar-refractivity contribution >= 4 is 28.7 Å². The molecule has 9 nitrogen and oxygen atoms in total. The van der Waals surface area contributed by atoms with Gasteiger partial charge in [-0.1, -0.05) is 30.3 Å². The molecule has 0 saturated carbocycles. The Morgan fingerprint density at radius 2 is 1.74 bits per heavy atom. The monoisotopic (exact) mass is 463 g/mol. The molecule has 0 radical (unpaired) electrons. The third-order valence-corrected chi connectivity index (χ3v) is 5.95. The van der Waals surface area contributed by atoms with E-state index in [1.54, 1.807) is 23.8 Å². The van der Waals surface area contributed by atoms with Crippen molar-refractivity contribution in [3.8, 4) is 5.75 Å². The van der Waals surface area contributed by atoms with Gasteiger partial charge in [-0.15, -0.1) is 0 Å². The average molecular weight is 464 g/mol. The number of ether oxygens (including phenoxy) is 1. The molecule has 3 N–H and O–H groups in total. The molecule has 1 saturated heterocycles. The highest BCUT2D eigenvalue weighted by molar-refractivity contribution is 5.98. The van der Waals surface area contributed by atoms with Crippen molar-refractivity contribution in [2.24, 2.45) is 0 Å². The minimum Gasteiger partial charge on any atom is -0.497 e. The number of aromatic nitrogens is 1. The Morgan fingerprint density at radius 3 is 2.47 bits per heavy atom. The van der Waals surface area contributed by atoms with Gasteiger partial charge < -0.3 is 30.2 Å². The SMILES string of the molecule is COc1cccc(CNC(=O)C(C)NC(=O)N2CCN(C(=O)c3cc4ccccc4[nH]3)CC2)c1. The van der Waals surface area contributed by atoms with Crippen molar-refractivity contribution in [3.63, 3.8) is 0 Å². The van der Waals surface area contributed by atoms with Gasteiger partial charge in [0.25, 0.3) is 5.91 Å². The van der Waals surface area contributed by atoms with Gasteiger partial charge in [0.05, 0.1) is 7.11 Å². The van der Waals surface area contributed by atoms with Gasteiger partial charge in [0.2, 0.25) is 5.91 Å². The number of para-hydroxylation sites is 1. The van der Waals surface area contributed by atoms with E-state index in [0.29, 0.717) is 38.4 Å². The van der Waals surface area contributed by atoms with E-state index >= 15 is 0 Å². The van der Waals surface area contributed by atoms with Crippen LogP contribution in [0.25, 0.3) is 10.9 Å². The number of nitrogens with one attached hydrogen (secondary N) is 3. The second kappa shape index (κ2) is 10.3. The first-order valence-corrected chi connectivity index (χ1v) is 11.3. The first kappa shape index (κ1) is 23.2. The quantitative estimate of drug-likeness (QED) is 0.522. The zero-order valence-corrected chi connectivity index (χ0v) is 19.3. The van der Waals surface area contributed by atoms with Crippen molar-refractivity contribution in [2.45, 2.75) is 19.5 Å². The lowest BCUT2D eigenvalue weighted by atomic mass is 10.2. The Hall–Kier alpha value is -4.01. The van der Waals surface area contributed by atoms with Crippen LogP contribution < -0.4 is 15.4 Å². The molecule has 0 spiro atoms. The molecule has 1 fully saturated rings. The lowest BCUT2D eigenvalue weighted by molar-refractivity contribution is -0.122. The Balaban J connectivity index is 1.24. The van der Waals surface area contributed by atoms with E-state index in [2.05, 4.69) is 15.6 Å². The molecule has 1 aliphatic heterocycles. The fourth-order valence-electron chi connectivity index (χ4n) is 3.94. The summed E-state index contributed by atoms with van der Waals surface area (Å²) in [7, 11) is 1.59. The fraction of sp³-hybridized carbons (Fsp3) is 0.320. The van der Waals surface area contributed by atoms with Gasteiger partial charge in [-0.25, -0.2) is 4.79 Å². The number of aromatic amines is 1. The zero-order valence-electron chi connectivity index (χ0n) is 19.3. The largest absolute Gasteiger partial charge is 0.497 e. The molecule has 178 valence electrons. The van der Waals surface area contributed by atoms with E-state index in [-0.39, 0.29) is 17.8 Å². The van der Waals surface area contributed by atoms with Crippen LogP contribution >= 0.6 is 0 Å². The van der Waals surface area contributed by atoms with Gasteiger partial charge in [0, 0.05) is 43.6 Å². The minimum atomic E-state index is -0.691. The van der Waals surface area contributed by atoms with Crippen molar-refractivity contribution in [1.82, 2.24) is 25.4 Å². The molecule has 2 heterocycles. The normalized spacial score (nSPS) is 14.5. The molecule has 4 rings (SSSR count). The van der Waals surface area contributed by atoms with Gasteiger partial charge >= 0.3 is 6.03 Å². The second-order valence-electron chi connectivity index (χ2n) is 8.29. The highest BCUT2D eigenvalue weighted by Crippen LogP contribution is 2.17. The van der Waals surface area contributed by atoms with Crippen LogP contribution in [0.3, 0.4) is 0 Å². The maximum atomic E-state index is 12.9. The summed E-state index contributed by atoms with van der Waals surface area (Å²) in [6, 6.07) is 16.0. The number of amides is 4. The van der Waals surface area contributed by atoms with Crippen LogP contribution in [0.15, 0.2) is 54.6 Å². The molecular weight excluding hydrogens is 434 g/mol. The van der Waals surface area contributed by atoms with E-state index in [1.165, 1.54) is 0 Å². The number of carbonyl (C=O) groups is 3. The number of piperazine rings is 1. The number of nitrogens with zero attached hydrogens (tertiary/aromatic N) is 2. The number of H-pyrrole nitrogens is 1. The number of hydrogen-bond acceptors (Lipinski definition) is 4. The van der Waals surface area contributed by atoms with Gasteiger partial charge in [-0.3, -0.25) is 9.59 Å². The number of fused-ring (bicyclic) bond motifs is 1. The molecule has 0 aliphatic carbocycles. The minimum absolute atomic E-state index is 0.0819. The summed E-state index contributed by atoms with van der Waals surface area (Å²) < 4.78 is 5.19. The van der Waals surface area contributed by atoms with Crippen LogP contribution in [-0.4, -0.2) is 72.0 Å². The van der Waals surface area contributed by atoms with Crippen molar-refractivity contribution in [3.05, 3.63) is 65.9 Å². The number of methoxy groups -OCH3 is 1. The number of hydrogen-bond donors (Lipinski definition) is 3. The molecule has 9 heteroatoms. The summed E-state index contributed by atoms with van der Waals surface area (Å²) in [6.07, 6.45) is 0. The molecular formula is C25H29N5O4. The second-order valence-corrected chi connectivity index (χ2v) is 8.29. The molecule has 3 aromatic rings. The van der Waals surface area contributed by atoms with E-state index in [4.69, 9.17) is 4.74 Å². The van der Waals surface area contributed by atoms with E-state index < -0.39 is 6.04 Å². The Kier molecular flexibility index (Phi) is 7.01. The summed E-state index contributed by atoms with van der Waals surface area (Å²) in [5.74, 6) is 0.362. The van der Waals surface area contributed by atoms with Gasteiger partial charge in [-0.2, -0.15) is 0 Å². The highest BCUT2D eigenvalue weighted by Gasteiger charge is 2.27. The Bertz CT molecular complexity index is 1150. The van der Waals surface area contributed by atoms with Gasteiger partial charge in [0.15, 0.2) is 0 Å². The van der Waals surface area contributed by atoms with Gasteiger partial charge in [0.1, 0.15) is 17.5 Å². The number of rotatable bonds is 6. The van der Waals surface area contributed by atoms with Crippen LogP contribution in [0.2, 0.25) is 0 Å². The summed E-state index contributed by atoms with van der Waals surface area (Å²) in [4.78, 5) is 44.5. The lowest BCUT2D eigenvalue weighted by Gasteiger charge is -2.35. The summed E-state index contributed by atoms with van der Waals surface area (Å²) in [6.45, 7) is 3.64. The fourth-order valence-corrected chi connectivity index (χ4v) is 3.94. The predicted molar refractivity (Wildman–Crippen MR) is 129 cm³/mol. The molecule has 4 amide bonds. The smallest absolute Gasteiger partial charge is 0.318 e. The average Bonchev–Trinajstić information content (AvgIpc) is 3.31. The predicted octanol–water partition coefficient (Wildman–Crippen LogP) is 2.35. The highest BCUT2D eigenvalue weighted by atomic mass is 16.5. The van der Waals surface area contributed by atoms with Crippen LogP contribution in [-0.2, 0) is 11.3 Å². The third kappa shape index (κ3) is 5.31. The molecule has 0 bridgehead atoms. The maximum absolute atomic E-state index is 12.9. The Morgan fingerprint density at radius 1 is 1.00 bits per heavy atom. The van der Waals surface area contributed by atoms with E-state index in [1.807, 2.05) is 54.6 Å². The van der Waals surface area contributed by atoms with Crippen molar-refractivity contribution in [2.75, 3.05) is 33.3 Å². The maximum Gasteiger partial charge on any atom is 0.318 e. The van der Waals surface area contributed by atoms with Crippen LogP contribution in [0.1, 0.15) is 23.0 Å². The van der Waals surface area contributed by atoms with Crippen LogP contribution in [0.4, 0.5) is 4.79 Å². The van der Waals surface area contributed by atoms with Crippen LogP contribution in [0, 0.1) is 0 Å². The summed E-state index contributed by atoms with van der Waals surface area (Å²) in [5.41, 5.74) is 2.37. The van der Waals surface area contributed by atoms with E-state index in [9.17, 15) is 14.4 Å². The molecule has 2 aromatic carbocycles. The van der Waals surface area contributed by atoms with Crippen molar-refractivity contribution < 1.29 is 19.1 Å². The van der Waals surface area contributed by atoms with E-state index in [0.717, 1.165) is 22.2 Å². The molecule has 34 heavy (non-hydrogen) atoms.